The zero-order chi connectivity index (χ0) is 19.4. The molecule has 0 aliphatic rings. The largest absolute Gasteiger partial charge is 0.338 e. The quantitative estimate of drug-likeness (QED) is 0.511. The number of hydrogen-bond acceptors (Lipinski definition) is 5. The summed E-state index contributed by atoms with van der Waals surface area (Å²) in [6.45, 7) is 1.72. The minimum Gasteiger partial charge on any atom is -0.338 e. The first-order valence-electron chi connectivity index (χ1n) is 7.89. The number of halogens is 3. The average molecular weight is 471 g/mol. The van der Waals surface area contributed by atoms with Crippen molar-refractivity contribution in [3.63, 3.8) is 0 Å². The third-order valence-electron chi connectivity index (χ3n) is 3.60. The van der Waals surface area contributed by atoms with Gasteiger partial charge >= 0.3 is 0 Å². The van der Waals surface area contributed by atoms with E-state index >= 15 is 0 Å². The van der Waals surface area contributed by atoms with Crippen LogP contribution in [0.3, 0.4) is 0 Å². The van der Waals surface area contributed by atoms with Crippen LogP contribution in [-0.2, 0) is 10.5 Å². The van der Waals surface area contributed by atoms with Gasteiger partial charge in [0.15, 0.2) is 0 Å². The number of thioether (sulfide) groups is 1. The number of carbonyl (C=O) groups is 1. The summed E-state index contributed by atoms with van der Waals surface area (Å²) in [5.74, 6) is 0.299. The molecule has 3 rings (SSSR count). The fourth-order valence-corrected chi connectivity index (χ4v) is 3.44. The molecule has 0 saturated carbocycles. The molecule has 1 heterocycles. The van der Waals surface area contributed by atoms with Crippen molar-refractivity contribution in [2.75, 3.05) is 5.32 Å². The fraction of sp³-hybridized carbons (Fsp3) is 0.167. The highest BCUT2D eigenvalue weighted by molar-refractivity contribution is 9.10. The molecule has 9 heteroatoms. The third kappa shape index (κ3) is 5.09. The van der Waals surface area contributed by atoms with Crippen molar-refractivity contribution in [3.05, 3.63) is 63.7 Å². The molecular weight excluding hydrogens is 457 g/mol. The van der Waals surface area contributed by atoms with Crippen LogP contribution < -0.4 is 5.32 Å². The summed E-state index contributed by atoms with van der Waals surface area (Å²) >= 11 is 10.6. The second-order valence-corrected chi connectivity index (χ2v) is 8.21. The van der Waals surface area contributed by atoms with Crippen molar-refractivity contribution in [1.29, 1.82) is 0 Å². The van der Waals surface area contributed by atoms with Crippen LogP contribution in [0.25, 0.3) is 11.4 Å². The van der Waals surface area contributed by atoms with E-state index in [1.54, 1.807) is 25.1 Å². The standard InChI is InChI=1S/C18H14BrClFN3O2S/c1-10(18(25)22-15-7-6-11(19)8-14(15)21)27-9-16-23-17(24-26-16)12-4-2-3-5-13(12)20/h2-8,10H,9H2,1H3,(H,22,25). The monoisotopic (exact) mass is 469 g/mol. The lowest BCUT2D eigenvalue weighted by Crippen LogP contribution is -2.23. The highest BCUT2D eigenvalue weighted by Gasteiger charge is 2.18. The number of benzene rings is 2. The van der Waals surface area contributed by atoms with Gasteiger partial charge in [0.05, 0.1) is 21.7 Å². The number of hydrogen-bond donors (Lipinski definition) is 1. The smallest absolute Gasteiger partial charge is 0.237 e. The van der Waals surface area contributed by atoms with Crippen LogP contribution in [-0.4, -0.2) is 21.3 Å². The summed E-state index contributed by atoms with van der Waals surface area (Å²) in [7, 11) is 0. The Hall–Kier alpha value is -1.90. The number of anilines is 1. The van der Waals surface area contributed by atoms with Crippen LogP contribution in [0.15, 0.2) is 51.5 Å². The van der Waals surface area contributed by atoms with Crippen molar-refractivity contribution in [2.24, 2.45) is 0 Å². The lowest BCUT2D eigenvalue weighted by atomic mass is 10.2. The highest BCUT2D eigenvalue weighted by Crippen LogP contribution is 2.26. The molecule has 0 aliphatic carbocycles. The summed E-state index contributed by atoms with van der Waals surface area (Å²) in [5.41, 5.74) is 0.810. The van der Waals surface area contributed by atoms with Crippen LogP contribution >= 0.6 is 39.3 Å². The molecule has 1 amide bonds. The second-order valence-electron chi connectivity index (χ2n) is 5.56. The number of nitrogens with zero attached hydrogens (tertiary/aromatic N) is 2. The maximum absolute atomic E-state index is 13.8. The van der Waals surface area contributed by atoms with Crippen molar-refractivity contribution in [1.82, 2.24) is 10.1 Å². The third-order valence-corrected chi connectivity index (χ3v) is 5.55. The molecular formula is C18H14BrClFN3O2S. The fourth-order valence-electron chi connectivity index (χ4n) is 2.16. The number of aromatic nitrogens is 2. The maximum Gasteiger partial charge on any atom is 0.237 e. The Morgan fingerprint density at radius 1 is 1.37 bits per heavy atom. The van der Waals surface area contributed by atoms with E-state index in [9.17, 15) is 9.18 Å². The Labute approximate surface area is 172 Å². The van der Waals surface area contributed by atoms with Crippen molar-refractivity contribution < 1.29 is 13.7 Å². The van der Waals surface area contributed by atoms with Gasteiger partial charge in [0.25, 0.3) is 0 Å². The van der Waals surface area contributed by atoms with E-state index in [1.165, 1.54) is 23.9 Å². The molecule has 1 aromatic heterocycles. The average Bonchev–Trinajstić information content (AvgIpc) is 3.11. The molecule has 140 valence electrons. The van der Waals surface area contributed by atoms with Crippen molar-refractivity contribution in [3.8, 4) is 11.4 Å². The predicted molar refractivity (Wildman–Crippen MR) is 108 cm³/mol. The Kier molecular flexibility index (Phi) is 6.51. The van der Waals surface area contributed by atoms with Gasteiger partial charge in [0.1, 0.15) is 5.82 Å². The molecule has 0 fully saturated rings. The summed E-state index contributed by atoms with van der Waals surface area (Å²) in [6, 6.07) is 11.6. The van der Waals surface area contributed by atoms with E-state index < -0.39 is 11.1 Å². The van der Waals surface area contributed by atoms with E-state index in [4.69, 9.17) is 16.1 Å². The Morgan fingerprint density at radius 2 is 2.15 bits per heavy atom. The normalized spacial score (nSPS) is 12.0. The topological polar surface area (TPSA) is 68.0 Å². The summed E-state index contributed by atoms with van der Waals surface area (Å²) in [4.78, 5) is 16.5. The van der Waals surface area contributed by atoms with Crippen LogP contribution in [0.4, 0.5) is 10.1 Å². The van der Waals surface area contributed by atoms with E-state index in [-0.39, 0.29) is 11.6 Å². The maximum atomic E-state index is 13.8. The van der Waals surface area contributed by atoms with Gasteiger partial charge in [0, 0.05) is 10.0 Å². The van der Waals surface area contributed by atoms with Gasteiger partial charge in [-0.2, -0.15) is 4.98 Å². The Morgan fingerprint density at radius 3 is 2.89 bits per heavy atom. The first-order chi connectivity index (χ1) is 12.9. The van der Waals surface area contributed by atoms with E-state index in [1.807, 2.05) is 12.1 Å². The molecule has 27 heavy (non-hydrogen) atoms. The molecule has 0 bridgehead atoms. The molecule has 0 aliphatic heterocycles. The van der Waals surface area contributed by atoms with Gasteiger partial charge in [-0.25, -0.2) is 4.39 Å². The molecule has 5 nitrogen and oxygen atoms in total. The molecule has 2 aromatic carbocycles. The summed E-state index contributed by atoms with van der Waals surface area (Å²) in [5, 5.41) is 6.58. The van der Waals surface area contributed by atoms with Gasteiger partial charge in [-0.15, -0.1) is 11.8 Å². The van der Waals surface area contributed by atoms with E-state index in [0.717, 1.165) is 0 Å². The number of nitrogens with one attached hydrogen (secondary N) is 1. The predicted octanol–water partition coefficient (Wildman–Crippen LogP) is 5.55. The number of amides is 1. The molecule has 0 spiro atoms. The molecule has 0 radical (unpaired) electrons. The van der Waals surface area contributed by atoms with Crippen LogP contribution in [0.5, 0.6) is 0 Å². The van der Waals surface area contributed by atoms with Crippen molar-refractivity contribution >= 4 is 50.9 Å². The minimum absolute atomic E-state index is 0.134. The highest BCUT2D eigenvalue weighted by atomic mass is 79.9. The zero-order valence-corrected chi connectivity index (χ0v) is 17.2. The molecule has 1 atom stereocenters. The zero-order valence-electron chi connectivity index (χ0n) is 14.1. The second kappa shape index (κ2) is 8.86. The molecule has 1 N–H and O–H groups in total. The lowest BCUT2D eigenvalue weighted by molar-refractivity contribution is -0.115. The summed E-state index contributed by atoms with van der Waals surface area (Å²) in [6.07, 6.45) is 0. The van der Waals surface area contributed by atoms with Gasteiger partial charge in [0.2, 0.25) is 17.6 Å². The number of carbonyl (C=O) groups excluding carboxylic acids is 1. The van der Waals surface area contributed by atoms with Gasteiger partial charge in [-0.3, -0.25) is 4.79 Å². The molecule has 0 saturated heterocycles. The first kappa shape index (κ1) is 19.9. The van der Waals surface area contributed by atoms with Gasteiger partial charge in [-0.1, -0.05) is 44.8 Å². The molecule has 1 unspecified atom stereocenters. The first-order valence-corrected chi connectivity index (χ1v) is 10.1. The van der Waals surface area contributed by atoms with Gasteiger partial charge in [-0.05, 0) is 37.3 Å². The lowest BCUT2D eigenvalue weighted by Gasteiger charge is -2.11. The van der Waals surface area contributed by atoms with Crippen LogP contribution in [0, 0.1) is 5.82 Å². The molecule has 3 aromatic rings. The minimum atomic E-state index is -0.504. The van der Waals surface area contributed by atoms with E-state index in [0.29, 0.717) is 32.5 Å². The van der Waals surface area contributed by atoms with Crippen LogP contribution in [0.2, 0.25) is 5.02 Å². The van der Waals surface area contributed by atoms with Gasteiger partial charge < -0.3 is 9.84 Å². The van der Waals surface area contributed by atoms with Crippen LogP contribution in [0.1, 0.15) is 12.8 Å². The number of rotatable bonds is 6. The Balaban J connectivity index is 1.58. The Bertz CT molecular complexity index is 969. The van der Waals surface area contributed by atoms with Crippen molar-refractivity contribution in [2.45, 2.75) is 17.9 Å². The van der Waals surface area contributed by atoms with E-state index in [2.05, 4.69) is 31.4 Å². The summed E-state index contributed by atoms with van der Waals surface area (Å²) < 4.78 is 19.6. The SMILES string of the molecule is CC(SCc1nc(-c2ccccc2Cl)no1)C(=O)Nc1ccc(Br)cc1F.